The van der Waals surface area contributed by atoms with Crippen molar-refractivity contribution in [2.75, 3.05) is 15.8 Å². The Bertz CT molecular complexity index is 2930. The van der Waals surface area contributed by atoms with Crippen LogP contribution in [0.5, 0.6) is 5.75 Å². The number of hydrogen-bond acceptors (Lipinski definition) is 12. The Morgan fingerprint density at radius 3 is 2.48 bits per heavy atom. The lowest BCUT2D eigenvalue weighted by Gasteiger charge is -2.36. The number of aromatic nitrogens is 3. The lowest BCUT2D eigenvalue weighted by atomic mass is 9.86. The molecule has 2 fully saturated rings. The maximum atomic E-state index is 13.6. The van der Waals surface area contributed by atoms with Crippen LogP contribution in [0.25, 0.3) is 22.2 Å². The van der Waals surface area contributed by atoms with Crippen LogP contribution in [0.1, 0.15) is 70.6 Å². The van der Waals surface area contributed by atoms with Crippen LogP contribution < -0.4 is 31.1 Å². The second-order valence-electron chi connectivity index (χ2n) is 15.1. The molecule has 2 atom stereocenters. The number of nitrogens with zero attached hydrogens (tertiary/aromatic N) is 4. The zero-order valence-corrected chi connectivity index (χ0v) is 34.1. The Hall–Kier alpha value is -7.47. The van der Waals surface area contributed by atoms with Gasteiger partial charge in [-0.25, -0.2) is 17.8 Å². The van der Waals surface area contributed by atoms with Gasteiger partial charge in [-0.1, -0.05) is 30.2 Å². The van der Waals surface area contributed by atoms with Crippen LogP contribution in [-0.2, 0) is 31.5 Å². The van der Waals surface area contributed by atoms with Gasteiger partial charge in [0.25, 0.3) is 27.7 Å². The minimum absolute atomic E-state index is 0.00111. The Kier molecular flexibility index (Phi) is 11.0. The van der Waals surface area contributed by atoms with Gasteiger partial charge in [0.15, 0.2) is 0 Å². The van der Waals surface area contributed by atoms with Crippen molar-refractivity contribution in [3.05, 3.63) is 94.9 Å². The maximum Gasteiger partial charge on any atom is 0.355 e. The van der Waals surface area contributed by atoms with E-state index >= 15 is 0 Å². The van der Waals surface area contributed by atoms with E-state index in [0.29, 0.717) is 40.6 Å². The molecule has 21 heteroatoms. The number of carbonyl (C=O) groups is 5. The Morgan fingerprint density at radius 1 is 1.02 bits per heavy atom. The fraction of sp³-hybridized carbons (Fsp3) is 0.262. The van der Waals surface area contributed by atoms with E-state index in [4.69, 9.17) is 10.5 Å². The first-order valence-corrected chi connectivity index (χ1v) is 20.9. The van der Waals surface area contributed by atoms with Crippen LogP contribution in [0.3, 0.4) is 0 Å². The second-order valence-corrected chi connectivity index (χ2v) is 16.7. The maximum absolute atomic E-state index is 13.6. The molecule has 4 heterocycles. The molecule has 324 valence electrons. The predicted molar refractivity (Wildman–Crippen MR) is 221 cm³/mol. The molecule has 17 nitrogen and oxygen atoms in total. The first-order chi connectivity index (χ1) is 30.0. The summed E-state index contributed by atoms with van der Waals surface area (Å²) in [5.41, 5.74) is 8.50. The standard InChI is InChI=1S/C42H36F3N9O8S/c1-20(21-6-10-24(43)11-7-21)62-31-16-22(8-12-28(31)52-63(60,61)42(44)45)36-35-37(53(2)51-36)23(19-47-38(35)46)9-14-32(55)49-26-17-25(18-26)48-29-5-3-4-27-34(29)41(59)54(40(27)58)30-13-15-33(56)50-39(30)57/h3-8,10-12,16,19-20,25-26,30,42,48,52H,13,15,17-18H2,1-2H3,(H2,46,47)(H,49,55)(H,50,56,57)/t20-,25-,26-,30?/m0/s1. The Morgan fingerprint density at radius 2 is 1.76 bits per heavy atom. The van der Waals surface area contributed by atoms with E-state index in [1.807, 2.05) is 4.72 Å². The van der Waals surface area contributed by atoms with E-state index in [-0.39, 0.29) is 64.6 Å². The number of fused-ring (bicyclic) bond motifs is 2. The van der Waals surface area contributed by atoms with E-state index in [0.717, 1.165) is 4.90 Å². The van der Waals surface area contributed by atoms with Crippen LogP contribution in [0.4, 0.5) is 30.4 Å². The number of carbonyl (C=O) groups excluding carboxylic acids is 5. The first kappa shape index (κ1) is 42.2. The number of benzene rings is 3. The number of piperidine rings is 1. The molecule has 2 aliphatic heterocycles. The molecule has 0 bridgehead atoms. The topological polar surface area (TPSA) is 237 Å². The van der Waals surface area contributed by atoms with Gasteiger partial charge in [0.05, 0.1) is 33.3 Å². The van der Waals surface area contributed by atoms with E-state index in [1.54, 1.807) is 26.1 Å². The summed E-state index contributed by atoms with van der Waals surface area (Å²) >= 11 is 0. The van der Waals surface area contributed by atoms with E-state index in [9.17, 15) is 45.6 Å². The third-order valence-corrected chi connectivity index (χ3v) is 11.9. The fourth-order valence-electron chi connectivity index (χ4n) is 7.72. The number of halogens is 3. The molecule has 2 aromatic heterocycles. The van der Waals surface area contributed by atoms with E-state index in [2.05, 4.69) is 37.9 Å². The van der Waals surface area contributed by atoms with Crippen molar-refractivity contribution in [1.29, 1.82) is 0 Å². The molecule has 8 rings (SSSR count). The average molecular weight is 884 g/mol. The lowest BCUT2D eigenvalue weighted by Crippen LogP contribution is -2.54. The number of imide groups is 2. The number of hydrogen-bond donors (Lipinski definition) is 5. The van der Waals surface area contributed by atoms with Gasteiger partial charge in [0.1, 0.15) is 35.2 Å². The summed E-state index contributed by atoms with van der Waals surface area (Å²) in [6.07, 6.45) is 1.54. The van der Waals surface area contributed by atoms with Gasteiger partial charge < -0.3 is 21.1 Å². The summed E-state index contributed by atoms with van der Waals surface area (Å²) in [5, 5.41) is 13.2. The van der Waals surface area contributed by atoms with Crippen molar-refractivity contribution in [2.24, 2.45) is 7.05 Å². The van der Waals surface area contributed by atoms with Gasteiger partial charge in [-0.2, -0.15) is 13.9 Å². The lowest BCUT2D eigenvalue weighted by molar-refractivity contribution is -0.136. The van der Waals surface area contributed by atoms with Crippen LogP contribution >= 0.6 is 0 Å². The third kappa shape index (κ3) is 8.19. The summed E-state index contributed by atoms with van der Waals surface area (Å²) in [5.74, 6) is -1.96. The summed E-state index contributed by atoms with van der Waals surface area (Å²) in [4.78, 5) is 69.0. The number of rotatable bonds is 11. The van der Waals surface area contributed by atoms with Crippen molar-refractivity contribution in [3.63, 3.8) is 0 Å². The molecular formula is C42H36F3N9O8S. The van der Waals surface area contributed by atoms with E-state index < -0.39 is 63.3 Å². The highest BCUT2D eigenvalue weighted by Crippen LogP contribution is 2.39. The van der Waals surface area contributed by atoms with Gasteiger partial charge in [-0.3, -0.25) is 43.6 Å². The molecule has 6 N–H and O–H groups in total. The molecule has 63 heavy (non-hydrogen) atoms. The molecule has 0 spiro atoms. The number of amides is 5. The zero-order chi connectivity index (χ0) is 44.9. The number of sulfonamides is 1. The van der Waals surface area contributed by atoms with Crippen molar-refractivity contribution < 1.29 is 50.3 Å². The molecule has 1 saturated carbocycles. The van der Waals surface area contributed by atoms with Crippen molar-refractivity contribution in [2.45, 2.75) is 62.6 Å². The van der Waals surface area contributed by atoms with Crippen molar-refractivity contribution in [1.82, 2.24) is 30.3 Å². The molecule has 3 aliphatic rings. The van der Waals surface area contributed by atoms with Gasteiger partial charge in [-0.15, -0.1) is 0 Å². The monoisotopic (exact) mass is 883 g/mol. The predicted octanol–water partition coefficient (Wildman–Crippen LogP) is 3.97. The van der Waals surface area contributed by atoms with Gasteiger partial charge in [-0.05, 0) is 68.1 Å². The Balaban J connectivity index is 0.969. The second kappa shape index (κ2) is 16.4. The first-order valence-electron chi connectivity index (χ1n) is 19.4. The minimum Gasteiger partial charge on any atom is -0.484 e. The number of aryl methyl sites for hydroxylation is 1. The average Bonchev–Trinajstić information content (AvgIpc) is 3.71. The third-order valence-electron chi connectivity index (χ3n) is 10.9. The largest absolute Gasteiger partial charge is 0.484 e. The van der Waals surface area contributed by atoms with Crippen molar-refractivity contribution in [3.8, 4) is 28.8 Å². The highest BCUT2D eigenvalue weighted by molar-refractivity contribution is 7.93. The summed E-state index contributed by atoms with van der Waals surface area (Å²) in [6.45, 7) is 1.61. The summed E-state index contributed by atoms with van der Waals surface area (Å²) in [6, 6.07) is 12.6. The number of nitrogen functional groups attached to an aromatic ring is 1. The fourth-order valence-corrected chi connectivity index (χ4v) is 8.29. The minimum atomic E-state index is -5.10. The number of nitrogens with two attached hydrogens (primary N) is 1. The smallest absolute Gasteiger partial charge is 0.355 e. The van der Waals surface area contributed by atoms with Crippen molar-refractivity contribution >= 4 is 67.7 Å². The normalized spacial score (nSPS) is 18.9. The van der Waals surface area contributed by atoms with E-state index in [1.165, 1.54) is 59.4 Å². The molecular weight excluding hydrogens is 848 g/mol. The number of anilines is 3. The van der Waals surface area contributed by atoms with Crippen LogP contribution in [0.15, 0.2) is 66.9 Å². The molecule has 1 aliphatic carbocycles. The van der Waals surface area contributed by atoms with Gasteiger partial charge in [0.2, 0.25) is 11.8 Å². The molecule has 3 aromatic carbocycles. The number of ether oxygens (including phenoxy) is 1. The molecule has 1 saturated heterocycles. The highest BCUT2D eigenvalue weighted by atomic mass is 32.2. The highest BCUT2D eigenvalue weighted by Gasteiger charge is 2.46. The zero-order valence-electron chi connectivity index (χ0n) is 33.2. The Labute approximate surface area is 356 Å². The quantitative estimate of drug-likeness (QED) is 0.0937. The number of alkyl halides is 2. The molecule has 0 radical (unpaired) electrons. The van der Waals surface area contributed by atoms with Crippen LogP contribution in [0, 0.1) is 17.7 Å². The number of pyridine rings is 1. The van der Waals surface area contributed by atoms with Gasteiger partial charge in [0, 0.05) is 48.9 Å². The van der Waals surface area contributed by atoms with Crippen LogP contribution in [-0.4, -0.2) is 81.5 Å². The van der Waals surface area contributed by atoms with Crippen LogP contribution in [0.2, 0.25) is 0 Å². The SMILES string of the molecule is C[C@H](Oc1cc(-c2nn(C)c3c(C#CC(=O)N[C@H]4C[C@H](Nc5cccc6c5C(=O)N(C5CCC(=O)NC5=O)C6=O)C4)cnc(N)c23)ccc1NS(=O)(=O)C(F)F)c1ccc(F)cc1. The summed E-state index contributed by atoms with van der Waals surface area (Å²) in [7, 11) is -3.50. The molecule has 5 aromatic rings. The number of nitrogens with one attached hydrogen (secondary N) is 4. The molecule has 1 unspecified atom stereocenters. The summed E-state index contributed by atoms with van der Waals surface area (Å²) < 4.78 is 74.1. The molecule has 5 amide bonds. The van der Waals surface area contributed by atoms with Gasteiger partial charge >= 0.3 is 5.76 Å².